The summed E-state index contributed by atoms with van der Waals surface area (Å²) in [4.78, 5) is 1.91. The molecule has 164 valence electrons. The van der Waals surface area contributed by atoms with Gasteiger partial charge in [-0.2, -0.15) is 13.2 Å². The SMILES string of the molecule is CCCCS(=O)(=O)Oc1ccccc1S(=O)(=O)C1(S(=O)(=O)C=[N+]=[N-])C=CC(C)=CC1. The highest BCUT2D eigenvalue weighted by molar-refractivity contribution is 8.17. The third-order valence-electron chi connectivity index (χ3n) is 4.53. The van der Waals surface area contributed by atoms with Crippen molar-refractivity contribution in [1.29, 1.82) is 0 Å². The van der Waals surface area contributed by atoms with Gasteiger partial charge in [0, 0.05) is 6.42 Å². The van der Waals surface area contributed by atoms with Crippen molar-refractivity contribution in [1.82, 2.24) is 0 Å². The van der Waals surface area contributed by atoms with Gasteiger partial charge in [0.2, 0.25) is 13.9 Å². The predicted molar refractivity (Wildman–Crippen MR) is 112 cm³/mol. The lowest BCUT2D eigenvalue weighted by Crippen LogP contribution is -2.46. The van der Waals surface area contributed by atoms with Crippen LogP contribution in [0.5, 0.6) is 5.75 Å². The number of nitrogens with zero attached hydrogens (tertiary/aromatic N) is 2. The van der Waals surface area contributed by atoms with E-state index in [1.54, 1.807) is 13.8 Å². The number of para-hydroxylation sites is 1. The molecule has 0 radical (unpaired) electrons. The van der Waals surface area contributed by atoms with Gasteiger partial charge in [-0.05, 0) is 31.6 Å². The Morgan fingerprint density at radius 1 is 1.17 bits per heavy atom. The van der Waals surface area contributed by atoms with E-state index >= 15 is 0 Å². The molecule has 0 bridgehead atoms. The molecule has 1 unspecified atom stereocenters. The molecule has 1 aromatic carbocycles. The number of allylic oxidation sites excluding steroid dienone is 3. The maximum absolute atomic E-state index is 13.6. The number of benzene rings is 1. The maximum atomic E-state index is 13.6. The first-order chi connectivity index (χ1) is 13.9. The molecule has 1 aliphatic rings. The van der Waals surface area contributed by atoms with E-state index < -0.39 is 50.9 Å². The minimum absolute atomic E-state index is 0.158. The minimum Gasteiger partial charge on any atom is -0.381 e. The topological polar surface area (TPSA) is 148 Å². The van der Waals surface area contributed by atoms with E-state index in [2.05, 4.69) is 4.79 Å². The summed E-state index contributed by atoms with van der Waals surface area (Å²) in [5, 5.41) is 0. The molecule has 0 amide bonds. The molecular weight excluding hydrogens is 452 g/mol. The number of hydrogen-bond acceptors (Lipinski definition) is 7. The van der Waals surface area contributed by atoms with Gasteiger partial charge in [0.1, 0.15) is 4.90 Å². The van der Waals surface area contributed by atoms with Crippen LogP contribution in [0.1, 0.15) is 33.1 Å². The Balaban J connectivity index is 2.71. The molecule has 0 aliphatic heterocycles. The van der Waals surface area contributed by atoms with Crippen LogP contribution in [-0.2, 0) is 29.8 Å². The van der Waals surface area contributed by atoms with Gasteiger partial charge < -0.3 is 9.71 Å². The molecule has 0 fully saturated rings. The molecule has 0 aromatic heterocycles. The lowest BCUT2D eigenvalue weighted by Gasteiger charge is -2.29. The van der Waals surface area contributed by atoms with Crippen LogP contribution in [0.4, 0.5) is 0 Å². The first-order valence-electron chi connectivity index (χ1n) is 8.96. The first kappa shape index (κ1) is 24.0. The molecule has 2 rings (SSSR count). The fraction of sp³-hybridized carbons (Fsp3) is 0.389. The van der Waals surface area contributed by atoms with Gasteiger partial charge in [-0.25, -0.2) is 16.8 Å². The maximum Gasteiger partial charge on any atom is 0.372 e. The van der Waals surface area contributed by atoms with Crippen molar-refractivity contribution in [3.8, 4) is 5.75 Å². The smallest absolute Gasteiger partial charge is 0.372 e. The van der Waals surface area contributed by atoms with Crippen molar-refractivity contribution in [2.75, 3.05) is 5.75 Å². The summed E-state index contributed by atoms with van der Waals surface area (Å²) in [6.45, 7) is 3.45. The zero-order valence-electron chi connectivity index (χ0n) is 16.4. The van der Waals surface area contributed by atoms with Crippen LogP contribution in [-0.4, -0.2) is 45.4 Å². The van der Waals surface area contributed by atoms with Gasteiger partial charge in [0.05, 0.1) is 5.75 Å². The Morgan fingerprint density at radius 3 is 2.40 bits per heavy atom. The summed E-state index contributed by atoms with van der Waals surface area (Å²) in [5.41, 5.74) is 9.58. The standard InChI is InChI=1S/C18H22N2O7S3/c1-3-4-13-29(23,24)27-16-7-5-6-8-17(16)30(25,26)18(28(21,22)14-20-19)11-9-15(2)10-12-18/h5-11,14H,3-4,12-13H2,1-2H3. The van der Waals surface area contributed by atoms with Crippen molar-refractivity contribution in [2.45, 2.75) is 42.1 Å². The second-order valence-electron chi connectivity index (χ2n) is 6.71. The Kier molecular flexibility index (Phi) is 7.08. The van der Waals surface area contributed by atoms with E-state index in [0.29, 0.717) is 18.4 Å². The highest BCUT2D eigenvalue weighted by Crippen LogP contribution is 2.41. The molecule has 0 heterocycles. The molecule has 9 nitrogen and oxygen atoms in total. The highest BCUT2D eigenvalue weighted by Gasteiger charge is 2.56. The lowest BCUT2D eigenvalue weighted by atomic mass is 10.1. The van der Waals surface area contributed by atoms with Crippen LogP contribution in [0.15, 0.2) is 53.0 Å². The zero-order chi connectivity index (χ0) is 22.6. The van der Waals surface area contributed by atoms with E-state index in [0.717, 1.165) is 18.2 Å². The Hall–Kier alpha value is -2.27. The minimum atomic E-state index is -4.76. The molecule has 0 saturated heterocycles. The van der Waals surface area contributed by atoms with E-state index in [-0.39, 0.29) is 11.3 Å². The highest BCUT2D eigenvalue weighted by atomic mass is 32.3. The Bertz CT molecular complexity index is 1240. The number of unbranched alkanes of at least 4 members (excludes halogenated alkanes) is 1. The summed E-state index contributed by atoms with van der Waals surface area (Å²) in [7, 11) is -13.5. The second-order valence-corrected chi connectivity index (χ2v) is 12.9. The summed E-state index contributed by atoms with van der Waals surface area (Å²) in [5.74, 6) is -0.816. The molecule has 0 saturated carbocycles. The van der Waals surface area contributed by atoms with Crippen LogP contribution < -0.4 is 4.18 Å². The monoisotopic (exact) mass is 474 g/mol. The van der Waals surface area contributed by atoms with Gasteiger partial charge in [-0.3, -0.25) is 0 Å². The Morgan fingerprint density at radius 2 is 1.83 bits per heavy atom. The quantitative estimate of drug-likeness (QED) is 0.175. The number of hydrogen-bond donors (Lipinski definition) is 0. The third-order valence-corrected chi connectivity index (χ3v) is 10.9. The fourth-order valence-corrected chi connectivity index (χ4v) is 8.09. The van der Waals surface area contributed by atoms with E-state index in [1.165, 1.54) is 24.3 Å². The molecular formula is C18H22N2O7S3. The Labute approximate surface area is 176 Å². The van der Waals surface area contributed by atoms with Gasteiger partial charge in [0.25, 0.3) is 9.84 Å². The molecule has 12 heteroatoms. The van der Waals surface area contributed by atoms with Crippen LogP contribution in [0, 0.1) is 0 Å². The first-order valence-corrected chi connectivity index (χ1v) is 13.6. The van der Waals surface area contributed by atoms with Crippen molar-refractivity contribution >= 4 is 35.3 Å². The van der Waals surface area contributed by atoms with Crippen molar-refractivity contribution in [3.63, 3.8) is 0 Å². The zero-order valence-corrected chi connectivity index (χ0v) is 18.9. The third kappa shape index (κ3) is 4.56. The lowest BCUT2D eigenvalue weighted by molar-refractivity contribution is 0.00746. The van der Waals surface area contributed by atoms with Crippen LogP contribution in [0.3, 0.4) is 0 Å². The summed E-state index contributed by atoms with van der Waals surface area (Å²) >= 11 is 0. The number of sulfone groups is 2. The molecule has 30 heavy (non-hydrogen) atoms. The van der Waals surface area contributed by atoms with Gasteiger partial charge in [0.15, 0.2) is 5.75 Å². The van der Waals surface area contributed by atoms with Gasteiger partial charge in [-0.15, -0.1) is 0 Å². The molecule has 1 atom stereocenters. The predicted octanol–water partition coefficient (Wildman–Crippen LogP) is 2.24. The second kappa shape index (κ2) is 8.84. The van der Waals surface area contributed by atoms with Gasteiger partial charge >= 0.3 is 15.7 Å². The molecule has 0 spiro atoms. The average molecular weight is 475 g/mol. The largest absolute Gasteiger partial charge is 0.381 e. The summed E-state index contributed by atoms with van der Waals surface area (Å²) in [6.07, 6.45) is 4.18. The normalized spacial score (nSPS) is 19.6. The van der Waals surface area contributed by atoms with Crippen LogP contribution >= 0.6 is 0 Å². The summed E-state index contributed by atoms with van der Waals surface area (Å²) < 4.78 is 79.8. The molecule has 0 N–H and O–H groups in total. The van der Waals surface area contributed by atoms with Crippen molar-refractivity contribution in [3.05, 3.63) is 53.6 Å². The number of rotatable bonds is 9. The van der Waals surface area contributed by atoms with Crippen LogP contribution in [0.2, 0.25) is 0 Å². The average Bonchev–Trinajstić information content (AvgIpc) is 2.66. The summed E-state index contributed by atoms with van der Waals surface area (Å²) in [6, 6.07) is 4.92. The fourth-order valence-electron chi connectivity index (χ4n) is 2.84. The van der Waals surface area contributed by atoms with E-state index in [9.17, 15) is 25.3 Å². The molecule has 1 aromatic rings. The van der Waals surface area contributed by atoms with Crippen molar-refractivity contribution in [2.24, 2.45) is 0 Å². The van der Waals surface area contributed by atoms with Crippen LogP contribution in [0.25, 0.3) is 5.53 Å². The van der Waals surface area contributed by atoms with Gasteiger partial charge in [-0.1, -0.05) is 43.2 Å². The van der Waals surface area contributed by atoms with E-state index in [4.69, 9.17) is 9.71 Å². The molecule has 1 aliphatic carbocycles. The van der Waals surface area contributed by atoms with E-state index in [1.807, 2.05) is 0 Å². The van der Waals surface area contributed by atoms with Crippen molar-refractivity contribution < 1.29 is 34.2 Å².